The van der Waals surface area contributed by atoms with E-state index in [1.54, 1.807) is 11.3 Å². The Morgan fingerprint density at radius 2 is 2.05 bits per heavy atom. The Hall–Kier alpha value is -0.920. The van der Waals surface area contributed by atoms with Crippen molar-refractivity contribution in [3.05, 3.63) is 10.7 Å². The lowest BCUT2D eigenvalue weighted by atomic mass is 10.2. The van der Waals surface area contributed by atoms with Gasteiger partial charge in [0.05, 0.1) is 5.69 Å². The smallest absolute Gasteiger partial charge is 0.161 e. The Balaban J connectivity index is 1.92. The summed E-state index contributed by atoms with van der Waals surface area (Å²) >= 11 is 3.05. The van der Waals surface area contributed by atoms with Crippen molar-refractivity contribution in [3.8, 4) is 9.88 Å². The summed E-state index contributed by atoms with van der Waals surface area (Å²) < 4.78 is 3.99. The van der Waals surface area contributed by atoms with Crippen molar-refractivity contribution in [3.63, 3.8) is 0 Å². The maximum Gasteiger partial charge on any atom is 0.161 e. The molecular weight excluding hydrogens is 278 g/mol. The molecule has 0 atom stereocenters. The standard InChI is InChI=1S/C12H19N5S2/c1-4-9-11(19-17-14-9)12-16-15-10(18-12)5-6-13-7-8(2)3/h8,13H,4-7H2,1-3H3. The molecule has 1 N–H and O–H groups in total. The van der Waals surface area contributed by atoms with Crippen LogP contribution in [0, 0.1) is 5.92 Å². The summed E-state index contributed by atoms with van der Waals surface area (Å²) in [6.07, 6.45) is 1.81. The maximum atomic E-state index is 4.25. The largest absolute Gasteiger partial charge is 0.316 e. The van der Waals surface area contributed by atoms with Crippen LogP contribution in [0.2, 0.25) is 0 Å². The number of hydrogen-bond donors (Lipinski definition) is 1. The average molecular weight is 297 g/mol. The van der Waals surface area contributed by atoms with Gasteiger partial charge in [-0.25, -0.2) is 0 Å². The highest BCUT2D eigenvalue weighted by Gasteiger charge is 2.13. The van der Waals surface area contributed by atoms with Gasteiger partial charge in [-0.15, -0.1) is 15.3 Å². The molecule has 2 aromatic heterocycles. The van der Waals surface area contributed by atoms with E-state index in [0.29, 0.717) is 5.92 Å². The lowest BCUT2D eigenvalue weighted by Gasteiger charge is -2.04. The third-order valence-electron chi connectivity index (χ3n) is 2.62. The zero-order chi connectivity index (χ0) is 13.7. The third kappa shape index (κ3) is 4.02. The summed E-state index contributed by atoms with van der Waals surface area (Å²) in [6.45, 7) is 8.50. The Bertz CT molecular complexity index is 506. The van der Waals surface area contributed by atoms with Crippen molar-refractivity contribution in [1.82, 2.24) is 25.1 Å². The molecule has 2 aromatic rings. The van der Waals surface area contributed by atoms with Crippen LogP contribution in [-0.4, -0.2) is 32.9 Å². The molecule has 0 aliphatic carbocycles. The zero-order valence-corrected chi connectivity index (χ0v) is 13.1. The fraction of sp³-hybridized carbons (Fsp3) is 0.667. The van der Waals surface area contributed by atoms with Crippen LogP contribution in [0.5, 0.6) is 0 Å². The summed E-state index contributed by atoms with van der Waals surface area (Å²) in [7, 11) is 0. The van der Waals surface area contributed by atoms with Crippen molar-refractivity contribution >= 4 is 22.9 Å². The highest BCUT2D eigenvalue weighted by molar-refractivity contribution is 7.19. The van der Waals surface area contributed by atoms with Gasteiger partial charge in [0.25, 0.3) is 0 Å². The second-order valence-electron chi connectivity index (χ2n) is 4.75. The van der Waals surface area contributed by atoms with Crippen molar-refractivity contribution in [2.75, 3.05) is 13.1 Å². The van der Waals surface area contributed by atoms with E-state index in [1.165, 1.54) is 11.5 Å². The van der Waals surface area contributed by atoms with Gasteiger partial charge in [-0.1, -0.05) is 36.6 Å². The monoisotopic (exact) mass is 297 g/mol. The first-order chi connectivity index (χ1) is 9.20. The highest BCUT2D eigenvalue weighted by Crippen LogP contribution is 2.29. The minimum Gasteiger partial charge on any atom is -0.316 e. The molecule has 0 aliphatic rings. The van der Waals surface area contributed by atoms with Crippen LogP contribution >= 0.6 is 22.9 Å². The quantitative estimate of drug-likeness (QED) is 0.795. The SMILES string of the molecule is CCc1nnsc1-c1nnc(CCNCC(C)C)s1. The second-order valence-corrected chi connectivity index (χ2v) is 6.57. The predicted octanol–water partition coefficient (Wildman–Crippen LogP) is 2.41. The molecule has 0 radical (unpaired) electrons. The van der Waals surface area contributed by atoms with Gasteiger partial charge in [0.1, 0.15) is 9.88 Å². The van der Waals surface area contributed by atoms with Crippen LogP contribution in [0.15, 0.2) is 0 Å². The molecule has 2 rings (SSSR count). The number of hydrogen-bond acceptors (Lipinski definition) is 7. The second kappa shape index (κ2) is 7.02. The molecular formula is C12H19N5S2. The molecule has 0 amide bonds. The van der Waals surface area contributed by atoms with E-state index in [9.17, 15) is 0 Å². The lowest BCUT2D eigenvalue weighted by molar-refractivity contribution is 0.553. The van der Waals surface area contributed by atoms with Crippen LogP contribution < -0.4 is 5.32 Å². The van der Waals surface area contributed by atoms with Crippen LogP contribution in [0.4, 0.5) is 0 Å². The molecule has 0 aromatic carbocycles. The molecule has 0 saturated heterocycles. The zero-order valence-electron chi connectivity index (χ0n) is 11.5. The van der Waals surface area contributed by atoms with Gasteiger partial charge in [-0.05, 0) is 30.4 Å². The van der Waals surface area contributed by atoms with E-state index < -0.39 is 0 Å². The Morgan fingerprint density at radius 1 is 1.21 bits per heavy atom. The Kier molecular flexibility index (Phi) is 5.35. The summed E-state index contributed by atoms with van der Waals surface area (Å²) in [5, 5.41) is 18.0. The molecule has 5 nitrogen and oxygen atoms in total. The summed E-state index contributed by atoms with van der Waals surface area (Å²) in [5.74, 6) is 0.681. The normalized spacial score (nSPS) is 11.4. The Labute approximate surface area is 121 Å². The fourth-order valence-corrected chi connectivity index (χ4v) is 3.30. The van der Waals surface area contributed by atoms with E-state index in [-0.39, 0.29) is 0 Å². The van der Waals surface area contributed by atoms with Crippen molar-refractivity contribution in [1.29, 1.82) is 0 Å². The minimum absolute atomic E-state index is 0.681. The number of nitrogens with one attached hydrogen (secondary N) is 1. The summed E-state index contributed by atoms with van der Waals surface area (Å²) in [6, 6.07) is 0. The topological polar surface area (TPSA) is 63.6 Å². The van der Waals surface area contributed by atoms with Gasteiger partial charge in [0.15, 0.2) is 5.01 Å². The van der Waals surface area contributed by atoms with E-state index in [4.69, 9.17) is 0 Å². The van der Waals surface area contributed by atoms with E-state index in [2.05, 4.69) is 45.9 Å². The van der Waals surface area contributed by atoms with Gasteiger partial charge >= 0.3 is 0 Å². The van der Waals surface area contributed by atoms with Gasteiger partial charge < -0.3 is 5.32 Å². The number of aromatic nitrogens is 4. The number of aryl methyl sites for hydroxylation is 1. The first kappa shape index (κ1) is 14.5. The van der Waals surface area contributed by atoms with Crippen LogP contribution in [0.3, 0.4) is 0 Å². The fourth-order valence-electron chi connectivity index (χ4n) is 1.63. The maximum absolute atomic E-state index is 4.25. The molecule has 0 spiro atoms. The van der Waals surface area contributed by atoms with E-state index >= 15 is 0 Å². The van der Waals surface area contributed by atoms with Gasteiger partial charge in [0.2, 0.25) is 0 Å². The number of rotatable bonds is 7. The molecule has 0 fully saturated rings. The average Bonchev–Trinajstić information content (AvgIpc) is 3.02. The molecule has 0 aliphatic heterocycles. The molecule has 0 unspecified atom stereocenters. The molecule has 0 saturated carbocycles. The third-order valence-corrected chi connectivity index (χ3v) is 4.52. The predicted molar refractivity (Wildman–Crippen MR) is 79.6 cm³/mol. The summed E-state index contributed by atoms with van der Waals surface area (Å²) in [5.41, 5.74) is 1.02. The first-order valence-corrected chi connectivity index (χ1v) is 8.14. The van der Waals surface area contributed by atoms with Gasteiger partial charge in [-0.3, -0.25) is 0 Å². The van der Waals surface area contributed by atoms with Gasteiger partial charge in [0, 0.05) is 13.0 Å². The molecule has 104 valence electrons. The lowest BCUT2D eigenvalue weighted by Crippen LogP contribution is -2.22. The molecule has 19 heavy (non-hydrogen) atoms. The van der Waals surface area contributed by atoms with Crippen LogP contribution in [0.1, 0.15) is 31.5 Å². The molecule has 7 heteroatoms. The van der Waals surface area contributed by atoms with Crippen LogP contribution in [-0.2, 0) is 12.8 Å². The summed E-state index contributed by atoms with van der Waals surface area (Å²) in [4.78, 5) is 1.07. The van der Waals surface area contributed by atoms with Crippen molar-refractivity contribution in [2.24, 2.45) is 5.92 Å². The molecule has 0 bridgehead atoms. The highest BCUT2D eigenvalue weighted by atomic mass is 32.1. The Morgan fingerprint density at radius 3 is 2.79 bits per heavy atom. The van der Waals surface area contributed by atoms with Crippen LogP contribution in [0.25, 0.3) is 9.88 Å². The minimum atomic E-state index is 0.681. The molecule has 2 heterocycles. The number of nitrogens with zero attached hydrogens (tertiary/aromatic N) is 4. The van der Waals surface area contributed by atoms with Gasteiger partial charge in [-0.2, -0.15) is 0 Å². The van der Waals surface area contributed by atoms with E-state index in [0.717, 1.165) is 46.5 Å². The van der Waals surface area contributed by atoms with Crippen molar-refractivity contribution < 1.29 is 0 Å². The first-order valence-electron chi connectivity index (χ1n) is 6.55. The van der Waals surface area contributed by atoms with E-state index in [1.807, 2.05) is 0 Å². The van der Waals surface area contributed by atoms with Crippen molar-refractivity contribution in [2.45, 2.75) is 33.6 Å².